The summed E-state index contributed by atoms with van der Waals surface area (Å²) in [6.07, 6.45) is 5.60. The maximum atomic E-state index is 11.7. The van der Waals surface area contributed by atoms with Crippen molar-refractivity contribution < 1.29 is 14.3 Å². The molecular formula is C13H22N2O3. The van der Waals surface area contributed by atoms with Crippen molar-refractivity contribution in [3.63, 3.8) is 0 Å². The molecule has 5 heteroatoms. The molecule has 1 heterocycles. The lowest BCUT2D eigenvalue weighted by Crippen LogP contribution is -2.49. The molecule has 102 valence electrons. The van der Waals surface area contributed by atoms with Crippen LogP contribution in [0, 0.1) is 5.92 Å². The maximum absolute atomic E-state index is 11.7. The number of hydrogen-bond acceptors (Lipinski definition) is 3. The zero-order chi connectivity index (χ0) is 13.0. The van der Waals surface area contributed by atoms with Gasteiger partial charge in [0, 0.05) is 13.2 Å². The molecule has 18 heavy (non-hydrogen) atoms. The Balaban J connectivity index is 1.74. The molecule has 1 saturated carbocycles. The lowest BCUT2D eigenvalue weighted by molar-refractivity contribution is -0.125. The number of carbonyl (C=O) groups is 2. The molecule has 2 fully saturated rings. The van der Waals surface area contributed by atoms with E-state index in [1.54, 1.807) is 0 Å². The van der Waals surface area contributed by atoms with E-state index in [0.29, 0.717) is 5.92 Å². The van der Waals surface area contributed by atoms with Crippen LogP contribution in [0.2, 0.25) is 0 Å². The molecule has 0 aromatic heterocycles. The van der Waals surface area contributed by atoms with Gasteiger partial charge in [-0.2, -0.15) is 0 Å². The zero-order valence-electron chi connectivity index (χ0n) is 11.0. The van der Waals surface area contributed by atoms with Crippen LogP contribution in [0.25, 0.3) is 0 Å². The fraction of sp³-hybridized carbons (Fsp3) is 0.846. The fourth-order valence-corrected chi connectivity index (χ4v) is 2.71. The van der Waals surface area contributed by atoms with Gasteiger partial charge in [-0.25, -0.2) is 4.79 Å². The minimum atomic E-state index is -0.628. The highest BCUT2D eigenvalue weighted by Gasteiger charge is 2.47. The third-order valence-corrected chi connectivity index (χ3v) is 3.97. The van der Waals surface area contributed by atoms with Crippen molar-refractivity contribution in [2.45, 2.75) is 51.0 Å². The molecule has 1 spiro atoms. The van der Waals surface area contributed by atoms with E-state index in [0.717, 1.165) is 51.7 Å². The average molecular weight is 254 g/mol. The van der Waals surface area contributed by atoms with Crippen LogP contribution in [0.1, 0.15) is 45.4 Å². The number of nitrogens with one attached hydrogen (secondary N) is 2. The van der Waals surface area contributed by atoms with E-state index in [2.05, 4.69) is 17.6 Å². The van der Waals surface area contributed by atoms with Gasteiger partial charge in [-0.15, -0.1) is 0 Å². The average Bonchev–Trinajstić information content (AvgIpc) is 2.62. The highest BCUT2D eigenvalue weighted by Crippen LogP contribution is 2.34. The summed E-state index contributed by atoms with van der Waals surface area (Å²) in [5, 5.41) is 5.11. The Morgan fingerprint density at radius 2 is 2.06 bits per heavy atom. The van der Waals surface area contributed by atoms with Crippen molar-refractivity contribution in [2.75, 3.05) is 13.2 Å². The molecule has 2 aliphatic rings. The number of urea groups is 1. The van der Waals surface area contributed by atoms with Crippen molar-refractivity contribution >= 4 is 11.9 Å². The second-order valence-corrected chi connectivity index (χ2v) is 5.36. The van der Waals surface area contributed by atoms with Crippen molar-refractivity contribution in [1.82, 2.24) is 10.6 Å². The first-order valence-electron chi connectivity index (χ1n) is 6.87. The van der Waals surface area contributed by atoms with E-state index in [4.69, 9.17) is 4.74 Å². The van der Waals surface area contributed by atoms with Crippen LogP contribution >= 0.6 is 0 Å². The molecule has 0 radical (unpaired) electrons. The number of carbonyl (C=O) groups excluding carboxylic acids is 2. The third-order valence-electron chi connectivity index (χ3n) is 3.97. The number of amides is 3. The molecule has 1 aliphatic carbocycles. The predicted molar refractivity (Wildman–Crippen MR) is 67.1 cm³/mol. The summed E-state index contributed by atoms with van der Waals surface area (Å²) < 4.78 is 5.62. The summed E-state index contributed by atoms with van der Waals surface area (Å²) >= 11 is 0. The highest BCUT2D eigenvalue weighted by molar-refractivity contribution is 6.07. The number of rotatable bonds is 5. The van der Waals surface area contributed by atoms with Gasteiger partial charge in [0.1, 0.15) is 5.54 Å². The molecule has 2 N–H and O–H groups in total. The minimum Gasteiger partial charge on any atom is -0.381 e. The summed E-state index contributed by atoms with van der Waals surface area (Å²) in [5.74, 6) is 0.371. The zero-order valence-corrected chi connectivity index (χ0v) is 11.0. The minimum absolute atomic E-state index is 0.155. The monoisotopic (exact) mass is 254 g/mol. The molecule has 0 atom stereocenters. The van der Waals surface area contributed by atoms with E-state index >= 15 is 0 Å². The van der Waals surface area contributed by atoms with Crippen molar-refractivity contribution in [2.24, 2.45) is 5.92 Å². The van der Waals surface area contributed by atoms with Gasteiger partial charge in [-0.3, -0.25) is 10.1 Å². The number of ether oxygens (including phenoxy) is 1. The molecular weight excluding hydrogens is 232 g/mol. The molecule has 0 unspecified atom stereocenters. The molecule has 3 amide bonds. The molecule has 5 nitrogen and oxygen atoms in total. The molecule has 1 saturated heterocycles. The van der Waals surface area contributed by atoms with Crippen LogP contribution in [0.15, 0.2) is 0 Å². The fourth-order valence-electron chi connectivity index (χ4n) is 2.71. The topological polar surface area (TPSA) is 67.4 Å². The smallest absolute Gasteiger partial charge is 0.322 e. The van der Waals surface area contributed by atoms with Crippen molar-refractivity contribution in [1.29, 1.82) is 0 Å². The highest BCUT2D eigenvalue weighted by atomic mass is 16.5. The second-order valence-electron chi connectivity index (χ2n) is 5.36. The van der Waals surface area contributed by atoms with Crippen molar-refractivity contribution in [3.05, 3.63) is 0 Å². The first-order valence-corrected chi connectivity index (χ1v) is 6.87. The van der Waals surface area contributed by atoms with Gasteiger partial charge in [-0.05, 0) is 38.0 Å². The lowest BCUT2D eigenvalue weighted by Gasteiger charge is -2.34. The van der Waals surface area contributed by atoms with Gasteiger partial charge in [0.25, 0.3) is 5.91 Å². The van der Waals surface area contributed by atoms with Gasteiger partial charge in [0.05, 0.1) is 0 Å². The summed E-state index contributed by atoms with van der Waals surface area (Å²) in [6.45, 7) is 3.76. The predicted octanol–water partition coefficient (Wildman–Crippen LogP) is 1.57. The Kier molecular flexibility index (Phi) is 4.22. The van der Waals surface area contributed by atoms with Crippen LogP contribution in [0.4, 0.5) is 4.79 Å². The van der Waals surface area contributed by atoms with Crippen LogP contribution in [-0.4, -0.2) is 30.7 Å². The molecule has 0 bridgehead atoms. The summed E-state index contributed by atoms with van der Waals surface area (Å²) in [5.41, 5.74) is -0.628. The molecule has 1 aliphatic heterocycles. The van der Waals surface area contributed by atoms with Gasteiger partial charge in [0.15, 0.2) is 0 Å². The van der Waals surface area contributed by atoms with Crippen molar-refractivity contribution in [3.8, 4) is 0 Å². The first kappa shape index (κ1) is 13.3. The lowest BCUT2D eigenvalue weighted by atomic mass is 9.77. The molecule has 0 aromatic rings. The Morgan fingerprint density at radius 1 is 1.33 bits per heavy atom. The van der Waals surface area contributed by atoms with E-state index in [1.165, 1.54) is 0 Å². The van der Waals surface area contributed by atoms with E-state index in [1.807, 2.05) is 0 Å². The quantitative estimate of drug-likeness (QED) is 0.578. The van der Waals surface area contributed by atoms with Crippen LogP contribution in [0.5, 0.6) is 0 Å². The SMILES string of the molecule is CCCCOCC1CCC2(CC1)NC(=O)NC2=O. The number of imide groups is 1. The summed E-state index contributed by atoms with van der Waals surface area (Å²) in [6, 6.07) is -0.349. The first-order chi connectivity index (χ1) is 8.66. The number of hydrogen-bond donors (Lipinski definition) is 2. The largest absolute Gasteiger partial charge is 0.381 e. The van der Waals surface area contributed by atoms with E-state index in [9.17, 15) is 9.59 Å². The Bertz CT molecular complexity index is 322. The van der Waals surface area contributed by atoms with Crippen LogP contribution in [0.3, 0.4) is 0 Å². The van der Waals surface area contributed by atoms with Gasteiger partial charge >= 0.3 is 6.03 Å². The summed E-state index contributed by atoms with van der Waals surface area (Å²) in [4.78, 5) is 22.9. The second kappa shape index (κ2) is 5.69. The Labute approximate surface area is 108 Å². The van der Waals surface area contributed by atoms with E-state index in [-0.39, 0.29) is 11.9 Å². The summed E-state index contributed by atoms with van der Waals surface area (Å²) in [7, 11) is 0. The Hall–Kier alpha value is -1.10. The van der Waals surface area contributed by atoms with Gasteiger partial charge in [0.2, 0.25) is 0 Å². The van der Waals surface area contributed by atoms with Crippen LogP contribution in [-0.2, 0) is 9.53 Å². The molecule has 0 aromatic carbocycles. The Morgan fingerprint density at radius 3 is 2.61 bits per heavy atom. The maximum Gasteiger partial charge on any atom is 0.322 e. The van der Waals surface area contributed by atoms with Crippen LogP contribution < -0.4 is 10.6 Å². The van der Waals surface area contributed by atoms with Gasteiger partial charge < -0.3 is 10.1 Å². The third kappa shape index (κ3) is 2.83. The number of unbranched alkanes of at least 4 members (excludes halogenated alkanes) is 1. The van der Waals surface area contributed by atoms with E-state index < -0.39 is 5.54 Å². The molecule has 2 rings (SSSR count). The normalized spacial score (nSPS) is 31.5. The standard InChI is InChI=1S/C13H22N2O3/c1-2-3-8-18-9-10-4-6-13(7-5-10)11(16)14-12(17)15-13/h10H,2-9H2,1H3,(H2,14,15,16,17). The van der Waals surface area contributed by atoms with Gasteiger partial charge in [-0.1, -0.05) is 13.3 Å².